The largest absolute Gasteiger partial charge is 0.484 e. The Morgan fingerprint density at radius 3 is 3.18 bits per heavy atom. The molecule has 1 atom stereocenters. The maximum Gasteiger partial charge on any atom is 0.273 e. The second-order valence-corrected chi connectivity index (χ2v) is 8.14. The van der Waals surface area contributed by atoms with Gasteiger partial charge in [-0.25, -0.2) is 9.97 Å². The van der Waals surface area contributed by atoms with Gasteiger partial charge in [0, 0.05) is 25.8 Å². The fraction of sp³-hybridized carbons (Fsp3) is 0.450. The Kier molecular flexibility index (Phi) is 5.87. The number of rotatable bonds is 8. The molecule has 3 aromatic rings. The molecule has 0 spiro atoms. The Hall–Kier alpha value is -2.45. The number of benzene rings is 1. The molecule has 1 aliphatic rings. The van der Waals surface area contributed by atoms with E-state index in [0.717, 1.165) is 47.7 Å². The van der Waals surface area contributed by atoms with Crippen molar-refractivity contribution in [3.63, 3.8) is 0 Å². The summed E-state index contributed by atoms with van der Waals surface area (Å²) in [7, 11) is 0. The molecule has 7 nitrogen and oxygen atoms in total. The number of carbonyl (C=O) groups excluding carboxylic acids is 1. The number of carbonyl (C=O) groups is 1. The Bertz CT molecular complexity index is 946. The van der Waals surface area contributed by atoms with Crippen molar-refractivity contribution in [2.75, 3.05) is 19.8 Å². The van der Waals surface area contributed by atoms with Gasteiger partial charge >= 0.3 is 0 Å². The normalized spacial score (nSPS) is 16.5. The fourth-order valence-electron chi connectivity index (χ4n) is 3.23. The topological polar surface area (TPSA) is 86.5 Å². The van der Waals surface area contributed by atoms with Gasteiger partial charge in [-0.1, -0.05) is 0 Å². The number of aryl methyl sites for hydroxylation is 1. The first kappa shape index (κ1) is 18.9. The van der Waals surface area contributed by atoms with Crippen LogP contribution in [0.3, 0.4) is 0 Å². The van der Waals surface area contributed by atoms with E-state index in [1.54, 1.807) is 11.3 Å². The predicted octanol–water partition coefficient (Wildman–Crippen LogP) is 3.72. The van der Waals surface area contributed by atoms with Crippen LogP contribution in [0.15, 0.2) is 28.9 Å². The van der Waals surface area contributed by atoms with Crippen LogP contribution in [0.5, 0.6) is 5.75 Å². The summed E-state index contributed by atoms with van der Waals surface area (Å²) in [6.45, 7) is 4.46. The van der Waals surface area contributed by atoms with E-state index in [1.165, 1.54) is 6.26 Å². The minimum absolute atomic E-state index is 0.156. The third-order valence-electron chi connectivity index (χ3n) is 4.71. The van der Waals surface area contributed by atoms with Gasteiger partial charge in [0.05, 0.1) is 15.2 Å². The average Bonchev–Trinajstić information content (AvgIpc) is 3.42. The molecule has 28 heavy (non-hydrogen) atoms. The number of amides is 1. The molecule has 0 saturated carbocycles. The lowest BCUT2D eigenvalue weighted by Gasteiger charge is -2.07. The van der Waals surface area contributed by atoms with Gasteiger partial charge in [0.15, 0.2) is 12.3 Å². The van der Waals surface area contributed by atoms with E-state index in [0.29, 0.717) is 24.1 Å². The number of hydrogen-bond acceptors (Lipinski definition) is 7. The highest BCUT2D eigenvalue weighted by atomic mass is 32.1. The van der Waals surface area contributed by atoms with Crippen LogP contribution in [0, 0.1) is 12.8 Å². The van der Waals surface area contributed by atoms with Crippen LogP contribution in [0.4, 0.5) is 0 Å². The maximum atomic E-state index is 12.2. The third kappa shape index (κ3) is 4.69. The van der Waals surface area contributed by atoms with Gasteiger partial charge in [-0.05, 0) is 44.2 Å². The Balaban J connectivity index is 1.24. The molecule has 1 saturated heterocycles. The van der Waals surface area contributed by atoms with Gasteiger partial charge in [0.1, 0.15) is 12.0 Å². The highest BCUT2D eigenvalue weighted by Crippen LogP contribution is 2.26. The van der Waals surface area contributed by atoms with Crippen LogP contribution in [-0.4, -0.2) is 35.6 Å². The molecule has 2 aromatic heterocycles. The van der Waals surface area contributed by atoms with Gasteiger partial charge in [0.25, 0.3) is 5.91 Å². The summed E-state index contributed by atoms with van der Waals surface area (Å²) >= 11 is 1.65. The average molecular weight is 401 g/mol. The zero-order valence-corrected chi connectivity index (χ0v) is 16.6. The third-order valence-corrected chi connectivity index (χ3v) is 5.66. The number of nitrogens with zero attached hydrogens (tertiary/aromatic N) is 2. The van der Waals surface area contributed by atoms with Gasteiger partial charge in [-0.15, -0.1) is 11.3 Å². The quantitative estimate of drug-likeness (QED) is 0.579. The monoisotopic (exact) mass is 401 g/mol. The summed E-state index contributed by atoms with van der Waals surface area (Å²) in [6.07, 6.45) is 4.49. The van der Waals surface area contributed by atoms with Crippen LogP contribution in [0.2, 0.25) is 0 Å². The van der Waals surface area contributed by atoms with Crippen molar-refractivity contribution >= 4 is 27.5 Å². The van der Waals surface area contributed by atoms with Crippen LogP contribution < -0.4 is 10.1 Å². The molecular weight excluding hydrogens is 378 g/mol. The molecule has 1 aliphatic heterocycles. The summed E-state index contributed by atoms with van der Waals surface area (Å²) in [6, 6.07) is 5.78. The Morgan fingerprint density at radius 2 is 2.32 bits per heavy atom. The molecule has 0 aliphatic carbocycles. The summed E-state index contributed by atoms with van der Waals surface area (Å²) in [5.74, 6) is 1.46. The first-order chi connectivity index (χ1) is 13.7. The molecule has 1 N–H and O–H groups in total. The van der Waals surface area contributed by atoms with Gasteiger partial charge in [0.2, 0.25) is 5.89 Å². The van der Waals surface area contributed by atoms with Crippen molar-refractivity contribution in [3.05, 3.63) is 41.1 Å². The molecule has 3 heterocycles. The first-order valence-corrected chi connectivity index (χ1v) is 10.3. The van der Waals surface area contributed by atoms with Crippen LogP contribution in [0.1, 0.15) is 40.6 Å². The van der Waals surface area contributed by atoms with E-state index in [4.69, 9.17) is 13.9 Å². The van der Waals surface area contributed by atoms with Crippen molar-refractivity contribution in [1.29, 1.82) is 0 Å². The highest BCUT2D eigenvalue weighted by Gasteiger charge is 2.16. The predicted molar refractivity (Wildman–Crippen MR) is 106 cm³/mol. The lowest BCUT2D eigenvalue weighted by Crippen LogP contribution is -2.25. The molecule has 8 heteroatoms. The molecule has 0 radical (unpaired) electrons. The molecule has 1 amide bonds. The Morgan fingerprint density at radius 1 is 1.39 bits per heavy atom. The van der Waals surface area contributed by atoms with Crippen LogP contribution >= 0.6 is 11.3 Å². The van der Waals surface area contributed by atoms with E-state index in [1.807, 2.05) is 25.1 Å². The van der Waals surface area contributed by atoms with Crippen molar-refractivity contribution in [3.8, 4) is 5.75 Å². The van der Waals surface area contributed by atoms with Gasteiger partial charge < -0.3 is 19.2 Å². The van der Waals surface area contributed by atoms with Crippen molar-refractivity contribution in [1.82, 2.24) is 15.3 Å². The van der Waals surface area contributed by atoms with Crippen LogP contribution in [0.25, 0.3) is 10.2 Å². The number of ether oxygens (including phenoxy) is 2. The van der Waals surface area contributed by atoms with Crippen LogP contribution in [-0.2, 0) is 11.3 Å². The fourth-order valence-corrected chi connectivity index (χ4v) is 4.04. The summed E-state index contributed by atoms with van der Waals surface area (Å²) in [5.41, 5.74) is 1.19. The summed E-state index contributed by atoms with van der Waals surface area (Å²) < 4.78 is 17.6. The lowest BCUT2D eigenvalue weighted by molar-refractivity contribution is 0.0947. The van der Waals surface area contributed by atoms with Crippen molar-refractivity contribution < 1.29 is 18.7 Å². The lowest BCUT2D eigenvalue weighted by atomic mass is 10.0. The molecular formula is C20H23N3O4S. The molecule has 0 bridgehead atoms. The van der Waals surface area contributed by atoms with E-state index in [2.05, 4.69) is 15.3 Å². The van der Waals surface area contributed by atoms with E-state index >= 15 is 0 Å². The number of hydrogen-bond donors (Lipinski definition) is 1. The number of oxazole rings is 1. The van der Waals surface area contributed by atoms with E-state index in [9.17, 15) is 4.79 Å². The second-order valence-electron chi connectivity index (χ2n) is 6.91. The number of fused-ring (bicyclic) bond motifs is 1. The molecule has 0 unspecified atom stereocenters. The number of nitrogens with one attached hydrogen (secondary N) is 1. The molecule has 1 aromatic carbocycles. The molecule has 148 valence electrons. The standard InChI is InChI=1S/C20H23N3O4S/c1-13-22-16-9-15(4-5-18(16)28-13)26-12-19-23-17(11-27-19)20(24)21-7-2-3-14-6-8-25-10-14/h4-5,9,11,14H,2-3,6-8,10,12H2,1H3,(H,21,24)/t14-/m1/s1. The van der Waals surface area contributed by atoms with E-state index < -0.39 is 0 Å². The minimum Gasteiger partial charge on any atom is -0.484 e. The summed E-state index contributed by atoms with van der Waals surface area (Å²) in [4.78, 5) is 20.8. The smallest absolute Gasteiger partial charge is 0.273 e. The van der Waals surface area contributed by atoms with Gasteiger partial charge in [-0.3, -0.25) is 4.79 Å². The zero-order chi connectivity index (χ0) is 19.3. The van der Waals surface area contributed by atoms with E-state index in [-0.39, 0.29) is 18.2 Å². The van der Waals surface area contributed by atoms with Crippen molar-refractivity contribution in [2.45, 2.75) is 32.8 Å². The number of aromatic nitrogens is 2. The summed E-state index contributed by atoms with van der Waals surface area (Å²) in [5, 5.41) is 3.90. The molecule has 1 fully saturated rings. The second kappa shape index (κ2) is 8.70. The highest BCUT2D eigenvalue weighted by molar-refractivity contribution is 7.18. The first-order valence-electron chi connectivity index (χ1n) is 9.48. The SMILES string of the molecule is Cc1nc2cc(OCc3nc(C(=O)NCCC[C@@H]4CCOC4)co3)ccc2s1. The van der Waals surface area contributed by atoms with Gasteiger partial charge in [-0.2, -0.15) is 0 Å². The zero-order valence-electron chi connectivity index (χ0n) is 15.8. The number of thiazole rings is 1. The maximum absolute atomic E-state index is 12.2. The Labute approximate surface area is 167 Å². The molecule has 4 rings (SSSR count). The minimum atomic E-state index is -0.225. The van der Waals surface area contributed by atoms with Crippen molar-refractivity contribution in [2.24, 2.45) is 5.92 Å².